The minimum absolute atomic E-state index is 0.251. The number of rotatable bonds is 11. The topological polar surface area (TPSA) is 39.7 Å². The van der Waals surface area contributed by atoms with Crippen molar-refractivity contribution in [3.05, 3.63) is 29.6 Å². The molecule has 1 aromatic rings. The highest BCUT2D eigenvalue weighted by Crippen LogP contribution is 2.19. The first-order valence-electron chi connectivity index (χ1n) is 7.34. The molecule has 1 rings (SSSR count). The van der Waals surface area contributed by atoms with E-state index in [0.29, 0.717) is 44.8 Å². The van der Waals surface area contributed by atoms with Crippen molar-refractivity contribution in [2.75, 3.05) is 33.5 Å². The lowest BCUT2D eigenvalue weighted by Gasteiger charge is -2.14. The Bertz CT molecular complexity index is 399. The molecule has 0 heterocycles. The number of methoxy groups -OCH3 is 1. The molecule has 1 aromatic carbocycles. The van der Waals surface area contributed by atoms with Crippen molar-refractivity contribution >= 4 is 0 Å². The van der Waals surface area contributed by atoms with Gasteiger partial charge in [-0.1, -0.05) is 13.8 Å². The van der Waals surface area contributed by atoms with E-state index in [2.05, 4.69) is 5.32 Å². The van der Waals surface area contributed by atoms with E-state index in [-0.39, 0.29) is 5.82 Å². The Morgan fingerprint density at radius 2 is 1.95 bits per heavy atom. The summed E-state index contributed by atoms with van der Waals surface area (Å²) < 4.78 is 29.3. The van der Waals surface area contributed by atoms with Crippen LogP contribution in [0, 0.1) is 5.82 Å². The third-order valence-electron chi connectivity index (χ3n) is 2.85. The van der Waals surface area contributed by atoms with Gasteiger partial charge >= 0.3 is 0 Å². The number of hydrogen-bond acceptors (Lipinski definition) is 4. The molecule has 0 bridgehead atoms. The molecule has 0 fully saturated rings. The first-order chi connectivity index (χ1) is 10.1. The molecule has 120 valence electrons. The summed E-state index contributed by atoms with van der Waals surface area (Å²) in [7, 11) is 1.67. The Hall–Kier alpha value is -1.17. The maximum atomic E-state index is 13.3. The van der Waals surface area contributed by atoms with Crippen LogP contribution >= 0.6 is 0 Å². The summed E-state index contributed by atoms with van der Waals surface area (Å²) in [5.74, 6) is 0.448. The molecule has 0 saturated heterocycles. The van der Waals surface area contributed by atoms with E-state index in [4.69, 9.17) is 14.2 Å². The highest BCUT2D eigenvalue weighted by molar-refractivity contribution is 5.34. The molecule has 21 heavy (non-hydrogen) atoms. The largest absolute Gasteiger partial charge is 0.491 e. The van der Waals surface area contributed by atoms with Crippen molar-refractivity contribution in [2.45, 2.75) is 32.9 Å². The fourth-order valence-corrected chi connectivity index (χ4v) is 1.76. The van der Waals surface area contributed by atoms with Gasteiger partial charge in [-0.3, -0.25) is 0 Å². The van der Waals surface area contributed by atoms with Gasteiger partial charge in [-0.05, 0) is 24.6 Å². The van der Waals surface area contributed by atoms with Crippen LogP contribution in [0.1, 0.15) is 25.8 Å². The lowest BCUT2D eigenvalue weighted by Crippen LogP contribution is -2.22. The number of hydrogen-bond donors (Lipinski definition) is 1. The highest BCUT2D eigenvalue weighted by atomic mass is 19.1. The number of ether oxygens (including phenoxy) is 3. The molecule has 5 heteroatoms. The smallest absolute Gasteiger partial charge is 0.124 e. The molecule has 4 nitrogen and oxygen atoms in total. The quantitative estimate of drug-likeness (QED) is 0.638. The van der Waals surface area contributed by atoms with Gasteiger partial charge in [0.2, 0.25) is 0 Å². The molecule has 0 spiro atoms. The van der Waals surface area contributed by atoms with Crippen LogP contribution in [0.15, 0.2) is 18.2 Å². The summed E-state index contributed by atoms with van der Waals surface area (Å²) >= 11 is 0. The zero-order valence-electron chi connectivity index (χ0n) is 13.2. The van der Waals surface area contributed by atoms with Crippen molar-refractivity contribution in [1.82, 2.24) is 5.32 Å². The van der Waals surface area contributed by atoms with Crippen LogP contribution in [-0.4, -0.2) is 39.6 Å². The molecule has 0 aliphatic carbocycles. The molecule has 0 aliphatic rings. The number of nitrogens with one attached hydrogen (secondary N) is 1. The SMILES string of the molecule is COCCCOCCOc1ccc(F)cc1CNC(C)C. The van der Waals surface area contributed by atoms with Crippen molar-refractivity contribution in [3.8, 4) is 5.75 Å². The van der Waals surface area contributed by atoms with E-state index in [1.54, 1.807) is 13.2 Å². The van der Waals surface area contributed by atoms with E-state index < -0.39 is 0 Å². The standard InChI is InChI=1S/C16H26FNO3/c1-13(2)18-12-14-11-15(17)5-6-16(14)21-10-9-20-8-4-7-19-3/h5-6,11,13,18H,4,7-10,12H2,1-3H3. The van der Waals surface area contributed by atoms with Crippen molar-refractivity contribution in [2.24, 2.45) is 0 Å². The second kappa shape index (κ2) is 10.5. The molecular formula is C16H26FNO3. The van der Waals surface area contributed by atoms with Crippen LogP contribution in [0.5, 0.6) is 5.75 Å². The Morgan fingerprint density at radius 1 is 1.14 bits per heavy atom. The Labute approximate surface area is 126 Å². The predicted octanol–water partition coefficient (Wildman–Crippen LogP) is 2.76. The van der Waals surface area contributed by atoms with Crippen LogP contribution < -0.4 is 10.1 Å². The van der Waals surface area contributed by atoms with Crippen LogP contribution in [0.3, 0.4) is 0 Å². The average molecular weight is 299 g/mol. The zero-order valence-corrected chi connectivity index (χ0v) is 13.2. The first kappa shape index (κ1) is 17.9. The number of halogens is 1. The Kier molecular flexibility index (Phi) is 8.98. The van der Waals surface area contributed by atoms with E-state index in [1.807, 2.05) is 13.8 Å². The molecule has 0 saturated carbocycles. The van der Waals surface area contributed by atoms with Gasteiger partial charge < -0.3 is 19.5 Å². The van der Waals surface area contributed by atoms with E-state index >= 15 is 0 Å². The molecule has 0 aromatic heterocycles. The summed E-state index contributed by atoms with van der Waals surface area (Å²) in [6.45, 7) is 7.00. The molecule has 0 atom stereocenters. The fourth-order valence-electron chi connectivity index (χ4n) is 1.76. The van der Waals surface area contributed by atoms with E-state index in [0.717, 1.165) is 12.0 Å². The fraction of sp³-hybridized carbons (Fsp3) is 0.625. The van der Waals surface area contributed by atoms with Gasteiger partial charge in [-0.2, -0.15) is 0 Å². The lowest BCUT2D eigenvalue weighted by molar-refractivity contribution is 0.0803. The molecule has 1 N–H and O–H groups in total. The van der Waals surface area contributed by atoms with Gasteiger partial charge in [0.1, 0.15) is 18.2 Å². The van der Waals surface area contributed by atoms with E-state index in [9.17, 15) is 4.39 Å². The molecular weight excluding hydrogens is 273 g/mol. The molecule has 0 unspecified atom stereocenters. The summed E-state index contributed by atoms with van der Waals surface area (Å²) in [6.07, 6.45) is 0.872. The summed E-state index contributed by atoms with van der Waals surface area (Å²) in [5.41, 5.74) is 0.822. The van der Waals surface area contributed by atoms with Gasteiger partial charge in [-0.15, -0.1) is 0 Å². The summed E-state index contributed by atoms with van der Waals surface area (Å²) in [4.78, 5) is 0. The van der Waals surface area contributed by atoms with Crippen molar-refractivity contribution in [3.63, 3.8) is 0 Å². The van der Waals surface area contributed by atoms with Crippen LogP contribution in [0.4, 0.5) is 4.39 Å². The summed E-state index contributed by atoms with van der Waals surface area (Å²) in [6, 6.07) is 4.92. The van der Waals surface area contributed by atoms with Crippen LogP contribution in [-0.2, 0) is 16.0 Å². The normalized spacial score (nSPS) is 11.1. The third kappa shape index (κ3) is 7.99. The van der Waals surface area contributed by atoms with Gasteiger partial charge in [0.15, 0.2) is 0 Å². The number of benzene rings is 1. The first-order valence-corrected chi connectivity index (χ1v) is 7.34. The second-order valence-corrected chi connectivity index (χ2v) is 5.09. The van der Waals surface area contributed by atoms with Crippen LogP contribution in [0.25, 0.3) is 0 Å². The second-order valence-electron chi connectivity index (χ2n) is 5.09. The highest BCUT2D eigenvalue weighted by Gasteiger charge is 2.06. The minimum Gasteiger partial charge on any atom is -0.491 e. The minimum atomic E-state index is -0.251. The van der Waals surface area contributed by atoms with Crippen molar-refractivity contribution < 1.29 is 18.6 Å². The zero-order chi connectivity index (χ0) is 15.5. The molecule has 0 amide bonds. The average Bonchev–Trinajstić information content (AvgIpc) is 2.45. The molecule has 0 radical (unpaired) electrons. The Morgan fingerprint density at radius 3 is 2.67 bits per heavy atom. The van der Waals surface area contributed by atoms with Crippen LogP contribution in [0.2, 0.25) is 0 Å². The monoisotopic (exact) mass is 299 g/mol. The van der Waals surface area contributed by atoms with Gasteiger partial charge in [0, 0.05) is 38.5 Å². The van der Waals surface area contributed by atoms with E-state index in [1.165, 1.54) is 12.1 Å². The maximum absolute atomic E-state index is 13.3. The third-order valence-corrected chi connectivity index (χ3v) is 2.85. The van der Waals surface area contributed by atoms with Gasteiger partial charge in [-0.25, -0.2) is 4.39 Å². The lowest BCUT2D eigenvalue weighted by atomic mass is 10.2. The van der Waals surface area contributed by atoms with Gasteiger partial charge in [0.05, 0.1) is 6.61 Å². The maximum Gasteiger partial charge on any atom is 0.124 e. The molecule has 0 aliphatic heterocycles. The van der Waals surface area contributed by atoms with Crippen molar-refractivity contribution in [1.29, 1.82) is 0 Å². The summed E-state index contributed by atoms with van der Waals surface area (Å²) in [5, 5.41) is 3.26. The Balaban J connectivity index is 2.35. The predicted molar refractivity (Wildman–Crippen MR) is 81.2 cm³/mol. The van der Waals surface area contributed by atoms with Gasteiger partial charge in [0.25, 0.3) is 0 Å².